The molecule has 0 radical (unpaired) electrons. The molecule has 5 rings (SSSR count). The average Bonchev–Trinajstić information content (AvgIpc) is 2.85. The number of hydrogen-bond donors (Lipinski definition) is 1. The van der Waals surface area contributed by atoms with Crippen LogP contribution >= 0.6 is 23.2 Å². The highest BCUT2D eigenvalue weighted by molar-refractivity contribution is 6.42. The lowest BCUT2D eigenvalue weighted by Crippen LogP contribution is -2.59. The number of pyridine rings is 1. The number of morpholine rings is 1. The molecule has 1 N–H and O–H groups in total. The first-order valence-electron chi connectivity index (χ1n) is 11.4. The van der Waals surface area contributed by atoms with Crippen LogP contribution in [0.25, 0.3) is 10.9 Å². The van der Waals surface area contributed by atoms with Crippen molar-refractivity contribution in [3.05, 3.63) is 74.5 Å². The summed E-state index contributed by atoms with van der Waals surface area (Å²) in [5.41, 5.74) is 1.81. The molecule has 0 bridgehead atoms. The van der Waals surface area contributed by atoms with E-state index in [9.17, 15) is 9.59 Å². The first-order chi connectivity index (χ1) is 16.5. The highest BCUT2D eigenvalue weighted by atomic mass is 35.5. The Labute approximate surface area is 207 Å². The Kier molecular flexibility index (Phi) is 6.79. The van der Waals surface area contributed by atoms with Gasteiger partial charge in [0, 0.05) is 61.9 Å². The number of piperazine rings is 1. The summed E-state index contributed by atoms with van der Waals surface area (Å²) in [6.07, 6.45) is 0. The SMILES string of the molecule is O=C(c1cc(=O)[nH]c2ccccc12)N1CCN(c2ccc(Cl)c(Cl)c2)CC1CN1CCOCC1. The number of fused-ring (bicyclic) bond motifs is 1. The van der Waals surface area contributed by atoms with Gasteiger partial charge in [0.05, 0.1) is 34.9 Å². The van der Waals surface area contributed by atoms with Gasteiger partial charge in [-0.25, -0.2) is 0 Å². The highest BCUT2D eigenvalue weighted by Crippen LogP contribution is 2.29. The molecule has 0 aliphatic carbocycles. The van der Waals surface area contributed by atoms with Crippen LogP contribution in [0.5, 0.6) is 0 Å². The fraction of sp³-hybridized carbons (Fsp3) is 0.360. The number of aromatic nitrogens is 1. The van der Waals surface area contributed by atoms with Gasteiger partial charge in [-0.15, -0.1) is 0 Å². The third-order valence-electron chi connectivity index (χ3n) is 6.57. The second-order valence-corrected chi connectivity index (χ2v) is 9.52. The number of nitrogens with one attached hydrogen (secondary N) is 1. The van der Waals surface area contributed by atoms with Gasteiger partial charge in [-0.2, -0.15) is 0 Å². The Morgan fingerprint density at radius 3 is 2.59 bits per heavy atom. The molecule has 2 saturated heterocycles. The Balaban J connectivity index is 1.46. The summed E-state index contributed by atoms with van der Waals surface area (Å²) in [7, 11) is 0. The molecule has 2 aromatic carbocycles. The molecule has 2 aliphatic rings. The summed E-state index contributed by atoms with van der Waals surface area (Å²) in [4.78, 5) is 35.5. The largest absolute Gasteiger partial charge is 0.379 e. The Morgan fingerprint density at radius 2 is 1.79 bits per heavy atom. The minimum Gasteiger partial charge on any atom is -0.379 e. The maximum atomic E-state index is 13.8. The van der Waals surface area contributed by atoms with Crippen LogP contribution in [-0.2, 0) is 4.74 Å². The Bertz CT molecular complexity index is 1260. The van der Waals surface area contributed by atoms with E-state index < -0.39 is 0 Å². The van der Waals surface area contributed by atoms with Crippen molar-refractivity contribution < 1.29 is 9.53 Å². The molecular weight excluding hydrogens is 475 g/mol. The smallest absolute Gasteiger partial charge is 0.255 e. The summed E-state index contributed by atoms with van der Waals surface area (Å²) in [6.45, 7) is 5.63. The number of rotatable bonds is 4. The summed E-state index contributed by atoms with van der Waals surface area (Å²) in [5, 5.41) is 1.78. The predicted octanol–water partition coefficient (Wildman–Crippen LogP) is 3.50. The van der Waals surface area contributed by atoms with Crippen molar-refractivity contribution in [1.82, 2.24) is 14.8 Å². The van der Waals surface area contributed by atoms with Gasteiger partial charge in [0.25, 0.3) is 5.91 Å². The van der Waals surface area contributed by atoms with Crippen LogP contribution in [0.2, 0.25) is 10.0 Å². The van der Waals surface area contributed by atoms with Crippen molar-refractivity contribution in [2.75, 3.05) is 57.4 Å². The molecule has 2 fully saturated rings. The van der Waals surface area contributed by atoms with Gasteiger partial charge in [-0.05, 0) is 24.3 Å². The lowest BCUT2D eigenvalue weighted by Gasteiger charge is -2.44. The monoisotopic (exact) mass is 500 g/mol. The molecule has 0 spiro atoms. The van der Waals surface area contributed by atoms with Crippen molar-refractivity contribution in [2.45, 2.75) is 6.04 Å². The minimum absolute atomic E-state index is 0.0631. The number of hydrogen-bond acceptors (Lipinski definition) is 5. The normalized spacial score (nSPS) is 19.5. The lowest BCUT2D eigenvalue weighted by molar-refractivity contribution is 0.0204. The van der Waals surface area contributed by atoms with E-state index in [1.54, 1.807) is 6.07 Å². The van der Waals surface area contributed by atoms with Crippen molar-refractivity contribution in [3.8, 4) is 0 Å². The van der Waals surface area contributed by atoms with Gasteiger partial charge in [-0.1, -0.05) is 41.4 Å². The van der Waals surface area contributed by atoms with Crippen molar-refractivity contribution in [3.63, 3.8) is 0 Å². The quantitative estimate of drug-likeness (QED) is 0.593. The van der Waals surface area contributed by atoms with E-state index in [0.717, 1.165) is 30.7 Å². The standard InChI is InChI=1S/C25H26Cl2N4O3/c26-21-6-5-17(13-22(21)27)30-7-8-31(18(16-30)15-29-9-11-34-12-10-29)25(33)20-14-24(32)28-23-4-2-1-3-19(20)23/h1-6,13-14,18H,7-12,15-16H2,(H,28,32). The summed E-state index contributed by atoms with van der Waals surface area (Å²) >= 11 is 12.4. The van der Waals surface area contributed by atoms with Gasteiger partial charge >= 0.3 is 0 Å². The van der Waals surface area contributed by atoms with Crippen LogP contribution in [0, 0.1) is 0 Å². The van der Waals surface area contributed by atoms with Gasteiger partial charge in [-0.3, -0.25) is 14.5 Å². The number of carbonyl (C=O) groups is 1. The van der Waals surface area contributed by atoms with E-state index in [1.165, 1.54) is 6.07 Å². The average molecular weight is 501 g/mol. The second-order valence-electron chi connectivity index (χ2n) is 8.70. The van der Waals surface area contributed by atoms with Crippen LogP contribution in [0.3, 0.4) is 0 Å². The predicted molar refractivity (Wildman–Crippen MR) is 135 cm³/mol. The number of carbonyl (C=O) groups excluding carboxylic acids is 1. The zero-order valence-corrected chi connectivity index (χ0v) is 20.2. The fourth-order valence-electron chi connectivity index (χ4n) is 4.81. The van der Waals surface area contributed by atoms with Crippen molar-refractivity contribution in [1.29, 1.82) is 0 Å². The van der Waals surface area contributed by atoms with Crippen molar-refractivity contribution >= 4 is 45.7 Å². The number of H-pyrrole nitrogens is 1. The fourth-order valence-corrected chi connectivity index (χ4v) is 5.11. The van der Waals surface area contributed by atoms with E-state index in [0.29, 0.717) is 54.0 Å². The van der Waals surface area contributed by atoms with E-state index in [2.05, 4.69) is 14.8 Å². The zero-order chi connectivity index (χ0) is 23.7. The number of para-hydroxylation sites is 1. The molecule has 0 saturated carbocycles. The highest BCUT2D eigenvalue weighted by Gasteiger charge is 2.33. The molecule has 34 heavy (non-hydrogen) atoms. The lowest BCUT2D eigenvalue weighted by atomic mass is 10.0. The third kappa shape index (κ3) is 4.79. The third-order valence-corrected chi connectivity index (χ3v) is 7.30. The van der Waals surface area contributed by atoms with Gasteiger partial charge < -0.3 is 19.5 Å². The summed E-state index contributed by atoms with van der Waals surface area (Å²) < 4.78 is 5.51. The number of benzene rings is 2. The molecule has 1 amide bonds. The number of anilines is 1. The molecule has 1 unspecified atom stereocenters. The maximum Gasteiger partial charge on any atom is 0.255 e. The summed E-state index contributed by atoms with van der Waals surface area (Å²) in [5.74, 6) is -0.116. The van der Waals surface area contributed by atoms with Crippen LogP contribution in [0.15, 0.2) is 53.3 Å². The first-order valence-corrected chi connectivity index (χ1v) is 12.2. The summed E-state index contributed by atoms with van der Waals surface area (Å²) in [6, 6.07) is 14.4. The molecule has 1 aromatic heterocycles. The van der Waals surface area contributed by atoms with E-state index in [1.807, 2.05) is 41.3 Å². The molecular formula is C25H26Cl2N4O3. The number of amides is 1. The topological polar surface area (TPSA) is 68.9 Å². The van der Waals surface area contributed by atoms with Crippen LogP contribution < -0.4 is 10.5 Å². The number of nitrogens with zero attached hydrogens (tertiary/aromatic N) is 3. The van der Waals surface area contributed by atoms with Gasteiger partial charge in [0.2, 0.25) is 5.56 Å². The number of halogens is 2. The molecule has 9 heteroatoms. The molecule has 7 nitrogen and oxygen atoms in total. The van der Waals surface area contributed by atoms with Gasteiger partial charge in [0.1, 0.15) is 0 Å². The minimum atomic E-state index is -0.277. The second kappa shape index (κ2) is 9.96. The molecule has 2 aliphatic heterocycles. The maximum absolute atomic E-state index is 13.8. The van der Waals surface area contributed by atoms with Crippen LogP contribution in [0.1, 0.15) is 10.4 Å². The van der Waals surface area contributed by atoms with E-state index in [-0.39, 0.29) is 17.5 Å². The number of ether oxygens (including phenoxy) is 1. The van der Waals surface area contributed by atoms with E-state index >= 15 is 0 Å². The van der Waals surface area contributed by atoms with Crippen LogP contribution in [0.4, 0.5) is 5.69 Å². The Hall–Kier alpha value is -2.58. The van der Waals surface area contributed by atoms with Crippen LogP contribution in [-0.4, -0.2) is 79.2 Å². The molecule has 1 atom stereocenters. The first kappa shape index (κ1) is 23.2. The van der Waals surface area contributed by atoms with Gasteiger partial charge in [0.15, 0.2) is 0 Å². The molecule has 3 aromatic rings. The van der Waals surface area contributed by atoms with Crippen molar-refractivity contribution in [2.24, 2.45) is 0 Å². The Morgan fingerprint density at radius 1 is 1.00 bits per heavy atom. The van der Waals surface area contributed by atoms with E-state index in [4.69, 9.17) is 27.9 Å². The molecule has 178 valence electrons. The number of aromatic amines is 1. The zero-order valence-electron chi connectivity index (χ0n) is 18.7. The molecule has 3 heterocycles.